The summed E-state index contributed by atoms with van der Waals surface area (Å²) < 4.78 is 13.0. The zero-order valence-corrected chi connectivity index (χ0v) is 5.05. The van der Waals surface area contributed by atoms with Crippen LogP contribution in [0.5, 0.6) is 0 Å². The van der Waals surface area contributed by atoms with Crippen LogP contribution in [-0.2, 0) is 0 Å². The highest BCUT2D eigenvalue weighted by molar-refractivity contribution is 5.31. The van der Waals surface area contributed by atoms with Gasteiger partial charge in [0.2, 0.25) is 0 Å². The summed E-state index contributed by atoms with van der Waals surface area (Å²) in [5.41, 5.74) is -1.41. The summed E-state index contributed by atoms with van der Waals surface area (Å²) in [6, 6.07) is 0. The van der Waals surface area contributed by atoms with Crippen LogP contribution in [0, 0.1) is 6.42 Å². The SMILES string of the molecule is C=CC1(F)[CH]C=CC=C1. The molecule has 1 aliphatic carbocycles. The minimum absolute atomic E-state index is 1.27. The van der Waals surface area contributed by atoms with Crippen molar-refractivity contribution in [2.75, 3.05) is 0 Å². The molecule has 1 atom stereocenters. The predicted molar refractivity (Wildman–Crippen MR) is 36.6 cm³/mol. The summed E-state index contributed by atoms with van der Waals surface area (Å²) in [4.78, 5) is 0. The van der Waals surface area contributed by atoms with E-state index in [0.717, 1.165) is 0 Å². The summed E-state index contributed by atoms with van der Waals surface area (Å²) in [5, 5.41) is 0. The van der Waals surface area contributed by atoms with Gasteiger partial charge in [-0.3, -0.25) is 0 Å². The highest BCUT2D eigenvalue weighted by atomic mass is 19.1. The molecule has 47 valence electrons. The smallest absolute Gasteiger partial charge is 0.154 e. The minimum Gasteiger partial charge on any atom is -0.234 e. The molecule has 1 radical (unpaired) electrons. The van der Waals surface area contributed by atoms with Gasteiger partial charge in [-0.1, -0.05) is 30.9 Å². The molecule has 1 unspecified atom stereocenters. The fourth-order valence-corrected chi connectivity index (χ4v) is 0.662. The van der Waals surface area contributed by atoms with Gasteiger partial charge >= 0.3 is 0 Å². The molecule has 1 aliphatic rings. The number of halogens is 1. The maximum atomic E-state index is 13.0. The van der Waals surface area contributed by atoms with Crippen LogP contribution in [-0.4, -0.2) is 5.67 Å². The third-order valence-electron chi connectivity index (χ3n) is 1.24. The maximum Gasteiger partial charge on any atom is 0.154 e. The van der Waals surface area contributed by atoms with E-state index in [1.54, 1.807) is 18.2 Å². The van der Waals surface area contributed by atoms with Crippen molar-refractivity contribution in [1.82, 2.24) is 0 Å². The maximum absolute atomic E-state index is 13.0. The summed E-state index contributed by atoms with van der Waals surface area (Å²) in [7, 11) is 0. The van der Waals surface area contributed by atoms with E-state index in [1.165, 1.54) is 18.6 Å². The van der Waals surface area contributed by atoms with Crippen LogP contribution in [0.2, 0.25) is 0 Å². The second-order valence-electron chi connectivity index (χ2n) is 1.94. The molecule has 0 saturated carbocycles. The molecule has 0 saturated heterocycles. The van der Waals surface area contributed by atoms with Crippen LogP contribution in [0.4, 0.5) is 4.39 Å². The normalized spacial score (nSPS) is 32.6. The molecule has 0 heterocycles. The van der Waals surface area contributed by atoms with E-state index >= 15 is 0 Å². The van der Waals surface area contributed by atoms with Crippen LogP contribution in [0.3, 0.4) is 0 Å². The molecule has 0 aromatic rings. The molecule has 0 aromatic heterocycles. The Labute approximate surface area is 54.4 Å². The molecule has 0 bridgehead atoms. The average molecular weight is 123 g/mol. The molecule has 0 amide bonds. The van der Waals surface area contributed by atoms with Gasteiger partial charge in [-0.05, 0) is 6.08 Å². The molecular weight excluding hydrogens is 115 g/mol. The highest BCUT2D eigenvalue weighted by Crippen LogP contribution is 2.21. The highest BCUT2D eigenvalue weighted by Gasteiger charge is 2.20. The Hall–Kier alpha value is -0.850. The number of allylic oxidation sites excluding steroid dienone is 5. The van der Waals surface area contributed by atoms with E-state index in [-0.39, 0.29) is 0 Å². The van der Waals surface area contributed by atoms with E-state index in [0.29, 0.717) is 0 Å². The van der Waals surface area contributed by atoms with Crippen LogP contribution < -0.4 is 0 Å². The second-order valence-corrected chi connectivity index (χ2v) is 1.94. The molecule has 0 spiro atoms. The molecule has 0 aromatic carbocycles. The average Bonchev–Trinajstić information content (AvgIpc) is 1.90. The Morgan fingerprint density at radius 1 is 1.33 bits per heavy atom. The third kappa shape index (κ3) is 1.28. The number of alkyl halides is 1. The first-order valence-corrected chi connectivity index (χ1v) is 2.80. The van der Waals surface area contributed by atoms with E-state index in [1.807, 2.05) is 0 Å². The molecule has 1 rings (SSSR count). The Bertz CT molecular complexity index is 167. The van der Waals surface area contributed by atoms with Crippen molar-refractivity contribution in [2.24, 2.45) is 0 Å². The third-order valence-corrected chi connectivity index (χ3v) is 1.24. The lowest BCUT2D eigenvalue weighted by molar-refractivity contribution is 0.350. The fraction of sp³-hybridized carbons (Fsp3) is 0.125. The number of hydrogen-bond donors (Lipinski definition) is 0. The summed E-state index contributed by atoms with van der Waals surface area (Å²) in [5.74, 6) is 0. The first-order valence-electron chi connectivity index (χ1n) is 2.80. The van der Waals surface area contributed by atoms with E-state index in [2.05, 4.69) is 6.58 Å². The van der Waals surface area contributed by atoms with Crippen LogP contribution in [0.25, 0.3) is 0 Å². The monoisotopic (exact) mass is 123 g/mol. The Morgan fingerprint density at radius 3 is 2.44 bits per heavy atom. The van der Waals surface area contributed by atoms with Crippen molar-refractivity contribution in [3.05, 3.63) is 43.4 Å². The van der Waals surface area contributed by atoms with Crippen molar-refractivity contribution in [3.8, 4) is 0 Å². The predicted octanol–water partition coefficient (Wildman–Crippen LogP) is 2.21. The lowest BCUT2D eigenvalue weighted by Gasteiger charge is -2.15. The summed E-state index contributed by atoms with van der Waals surface area (Å²) in [6.45, 7) is 3.36. The lowest BCUT2D eigenvalue weighted by Crippen LogP contribution is -2.16. The Morgan fingerprint density at radius 2 is 2.11 bits per heavy atom. The molecule has 0 N–H and O–H groups in total. The number of hydrogen-bond acceptors (Lipinski definition) is 0. The number of rotatable bonds is 1. The Balaban J connectivity index is 2.73. The van der Waals surface area contributed by atoms with Gasteiger partial charge in [0.05, 0.1) is 0 Å². The Kier molecular flexibility index (Phi) is 1.52. The van der Waals surface area contributed by atoms with Gasteiger partial charge in [0.15, 0.2) is 5.67 Å². The molecule has 0 nitrogen and oxygen atoms in total. The largest absolute Gasteiger partial charge is 0.234 e. The van der Waals surface area contributed by atoms with Crippen molar-refractivity contribution in [3.63, 3.8) is 0 Å². The first kappa shape index (κ1) is 6.27. The molecule has 0 aliphatic heterocycles. The molecular formula is C8H8F. The zero-order chi connectivity index (χ0) is 6.74. The molecule has 1 heteroatoms. The van der Waals surface area contributed by atoms with Gasteiger partial charge in [-0.2, -0.15) is 0 Å². The summed E-state index contributed by atoms with van der Waals surface area (Å²) >= 11 is 0. The van der Waals surface area contributed by atoms with Crippen molar-refractivity contribution >= 4 is 0 Å². The zero-order valence-electron chi connectivity index (χ0n) is 5.05. The molecule has 9 heavy (non-hydrogen) atoms. The van der Waals surface area contributed by atoms with Gasteiger partial charge in [0.1, 0.15) is 0 Å². The van der Waals surface area contributed by atoms with E-state index in [9.17, 15) is 4.39 Å². The van der Waals surface area contributed by atoms with E-state index in [4.69, 9.17) is 0 Å². The van der Waals surface area contributed by atoms with Gasteiger partial charge in [0.25, 0.3) is 0 Å². The lowest BCUT2D eigenvalue weighted by atomic mass is 9.98. The van der Waals surface area contributed by atoms with Gasteiger partial charge in [0, 0.05) is 6.42 Å². The second kappa shape index (κ2) is 2.18. The van der Waals surface area contributed by atoms with Gasteiger partial charge in [-0.25, -0.2) is 4.39 Å². The quantitative estimate of drug-likeness (QED) is 0.469. The van der Waals surface area contributed by atoms with Crippen molar-refractivity contribution in [2.45, 2.75) is 5.67 Å². The van der Waals surface area contributed by atoms with Crippen LogP contribution >= 0.6 is 0 Å². The first-order chi connectivity index (χ1) is 4.27. The van der Waals surface area contributed by atoms with Gasteiger partial charge in [-0.15, -0.1) is 0 Å². The van der Waals surface area contributed by atoms with Gasteiger partial charge < -0.3 is 0 Å². The summed E-state index contributed by atoms with van der Waals surface area (Å²) in [6.07, 6.45) is 9.30. The molecule has 0 fully saturated rings. The van der Waals surface area contributed by atoms with Crippen molar-refractivity contribution in [1.29, 1.82) is 0 Å². The minimum atomic E-state index is -1.41. The van der Waals surface area contributed by atoms with Crippen LogP contribution in [0.15, 0.2) is 37.0 Å². The van der Waals surface area contributed by atoms with Crippen LogP contribution in [0.1, 0.15) is 0 Å². The van der Waals surface area contributed by atoms with Crippen molar-refractivity contribution < 1.29 is 4.39 Å². The topological polar surface area (TPSA) is 0 Å². The fourth-order valence-electron chi connectivity index (χ4n) is 0.662. The van der Waals surface area contributed by atoms with E-state index < -0.39 is 5.67 Å². The standard InChI is InChI=1S/C8H8F/c1-2-8(9)6-4-3-5-7-8/h2-7H,1H2.